The predicted octanol–water partition coefficient (Wildman–Crippen LogP) is 4.69. The maximum Gasteiger partial charge on any atom is 0.336 e. The van der Waals surface area contributed by atoms with Gasteiger partial charge in [-0.15, -0.1) is 0 Å². The van der Waals surface area contributed by atoms with Crippen molar-refractivity contribution >= 4 is 17.0 Å². The summed E-state index contributed by atoms with van der Waals surface area (Å²) in [6.07, 6.45) is 2.03. The highest BCUT2D eigenvalue weighted by Gasteiger charge is 2.19. The third-order valence-electron chi connectivity index (χ3n) is 4.61. The van der Waals surface area contributed by atoms with Crippen LogP contribution in [0.3, 0.4) is 0 Å². The van der Waals surface area contributed by atoms with Crippen molar-refractivity contribution in [3.63, 3.8) is 0 Å². The van der Waals surface area contributed by atoms with Crippen LogP contribution in [0.4, 0.5) is 0 Å². The number of hydrogen-bond acceptors (Lipinski definition) is 2. The van der Waals surface area contributed by atoms with E-state index in [4.69, 9.17) is 4.98 Å². The van der Waals surface area contributed by atoms with E-state index in [-0.39, 0.29) is 0 Å². The summed E-state index contributed by atoms with van der Waals surface area (Å²) in [5.74, 6) is 0.523. The zero-order valence-electron chi connectivity index (χ0n) is 14.1. The summed E-state index contributed by atoms with van der Waals surface area (Å²) in [7, 11) is 0. The number of imidazole rings is 1. The van der Waals surface area contributed by atoms with Crippen LogP contribution in [0.15, 0.2) is 48.5 Å². The minimum absolute atomic E-state index is 0.353. The Hall–Kier alpha value is -2.62. The Balaban J connectivity index is 2.15. The number of carbonyl (C=O) groups is 1. The third kappa shape index (κ3) is 2.92. The lowest BCUT2D eigenvalue weighted by atomic mass is 10.0. The van der Waals surface area contributed by atoms with Crippen molar-refractivity contribution in [2.45, 2.75) is 39.2 Å². The van der Waals surface area contributed by atoms with E-state index in [1.165, 1.54) is 0 Å². The van der Waals surface area contributed by atoms with E-state index in [9.17, 15) is 9.90 Å². The molecule has 0 saturated heterocycles. The fourth-order valence-electron chi connectivity index (χ4n) is 3.26. The van der Waals surface area contributed by atoms with Crippen LogP contribution in [-0.2, 0) is 6.54 Å². The zero-order valence-corrected chi connectivity index (χ0v) is 14.1. The molecule has 0 saturated carbocycles. The Kier molecular flexibility index (Phi) is 4.65. The Labute approximate surface area is 141 Å². The summed E-state index contributed by atoms with van der Waals surface area (Å²) in [6.45, 7) is 4.86. The number of carboxylic acids is 1. The highest BCUT2D eigenvalue weighted by molar-refractivity contribution is 5.89. The third-order valence-corrected chi connectivity index (χ3v) is 4.61. The molecule has 1 aromatic heterocycles. The first-order valence-corrected chi connectivity index (χ1v) is 8.42. The van der Waals surface area contributed by atoms with Gasteiger partial charge in [-0.2, -0.15) is 0 Å². The van der Waals surface area contributed by atoms with Crippen LogP contribution in [0, 0.1) is 0 Å². The molecule has 24 heavy (non-hydrogen) atoms. The van der Waals surface area contributed by atoms with Crippen molar-refractivity contribution in [3.05, 3.63) is 65.5 Å². The van der Waals surface area contributed by atoms with Gasteiger partial charge in [-0.05, 0) is 36.6 Å². The number of rotatable bonds is 6. The van der Waals surface area contributed by atoms with Gasteiger partial charge in [0.15, 0.2) is 0 Å². The van der Waals surface area contributed by atoms with E-state index in [1.807, 2.05) is 30.3 Å². The van der Waals surface area contributed by atoms with Crippen LogP contribution in [-0.4, -0.2) is 20.6 Å². The Morgan fingerprint density at radius 3 is 2.46 bits per heavy atom. The molecule has 0 amide bonds. The molecular formula is C20H22N2O2. The van der Waals surface area contributed by atoms with Crippen molar-refractivity contribution in [1.82, 2.24) is 9.55 Å². The first-order valence-electron chi connectivity index (χ1n) is 8.42. The molecular weight excluding hydrogens is 300 g/mol. The molecule has 2 aromatic carbocycles. The quantitative estimate of drug-likeness (QED) is 0.716. The van der Waals surface area contributed by atoms with Gasteiger partial charge in [0.2, 0.25) is 0 Å². The van der Waals surface area contributed by atoms with Gasteiger partial charge in [0.25, 0.3) is 0 Å². The van der Waals surface area contributed by atoms with Gasteiger partial charge in [0, 0.05) is 5.92 Å². The zero-order chi connectivity index (χ0) is 17.1. The fourth-order valence-corrected chi connectivity index (χ4v) is 3.26. The number of para-hydroxylation sites is 2. The highest BCUT2D eigenvalue weighted by atomic mass is 16.4. The van der Waals surface area contributed by atoms with Crippen molar-refractivity contribution in [2.24, 2.45) is 0 Å². The first-order chi connectivity index (χ1) is 11.7. The lowest BCUT2D eigenvalue weighted by molar-refractivity contribution is 0.0695. The van der Waals surface area contributed by atoms with Crippen LogP contribution < -0.4 is 0 Å². The molecule has 0 spiro atoms. The Morgan fingerprint density at radius 1 is 1.08 bits per heavy atom. The second-order valence-corrected chi connectivity index (χ2v) is 6.02. The summed E-state index contributed by atoms with van der Waals surface area (Å²) >= 11 is 0. The van der Waals surface area contributed by atoms with Crippen LogP contribution >= 0.6 is 0 Å². The number of aromatic nitrogens is 2. The molecule has 124 valence electrons. The SMILES string of the molecule is CCC(CC)c1nc2ccccc2n1Cc1ccccc1C(=O)O. The van der Waals surface area contributed by atoms with Gasteiger partial charge in [-0.3, -0.25) is 0 Å². The molecule has 4 heteroatoms. The van der Waals surface area contributed by atoms with Gasteiger partial charge < -0.3 is 9.67 Å². The van der Waals surface area contributed by atoms with Crippen molar-refractivity contribution in [3.8, 4) is 0 Å². The van der Waals surface area contributed by atoms with E-state index in [1.54, 1.807) is 12.1 Å². The number of benzene rings is 2. The molecule has 0 radical (unpaired) electrons. The molecule has 0 atom stereocenters. The summed E-state index contributed by atoms with van der Waals surface area (Å²) < 4.78 is 2.18. The molecule has 0 aliphatic rings. The maximum absolute atomic E-state index is 11.5. The van der Waals surface area contributed by atoms with Gasteiger partial charge in [-0.25, -0.2) is 9.78 Å². The molecule has 0 fully saturated rings. The average molecular weight is 322 g/mol. The molecule has 0 aliphatic carbocycles. The summed E-state index contributed by atoms with van der Waals surface area (Å²) in [5, 5.41) is 9.45. The lowest BCUT2D eigenvalue weighted by Crippen LogP contribution is -2.12. The van der Waals surface area contributed by atoms with Crippen molar-refractivity contribution in [2.75, 3.05) is 0 Å². The Bertz CT molecular complexity index is 863. The van der Waals surface area contributed by atoms with Crippen molar-refractivity contribution < 1.29 is 9.90 Å². The highest BCUT2D eigenvalue weighted by Crippen LogP contribution is 2.28. The van der Waals surface area contributed by atoms with Gasteiger partial charge in [0.05, 0.1) is 23.1 Å². The van der Waals surface area contributed by atoms with Crippen LogP contribution in [0.25, 0.3) is 11.0 Å². The second-order valence-electron chi connectivity index (χ2n) is 6.02. The van der Waals surface area contributed by atoms with E-state index >= 15 is 0 Å². The number of carboxylic acid groups (broad SMARTS) is 1. The molecule has 1 heterocycles. The molecule has 3 rings (SSSR count). The van der Waals surface area contributed by atoms with Crippen LogP contribution in [0.5, 0.6) is 0 Å². The fraction of sp³-hybridized carbons (Fsp3) is 0.300. The summed E-state index contributed by atoms with van der Waals surface area (Å²) in [6, 6.07) is 15.3. The number of nitrogens with zero attached hydrogens (tertiary/aromatic N) is 2. The van der Waals surface area contributed by atoms with E-state index in [0.717, 1.165) is 35.3 Å². The molecule has 4 nitrogen and oxygen atoms in total. The molecule has 0 aliphatic heterocycles. The lowest BCUT2D eigenvalue weighted by Gasteiger charge is -2.16. The summed E-state index contributed by atoms with van der Waals surface area (Å²) in [4.78, 5) is 16.4. The van der Waals surface area contributed by atoms with E-state index in [2.05, 4.69) is 24.5 Å². The van der Waals surface area contributed by atoms with E-state index < -0.39 is 5.97 Å². The monoisotopic (exact) mass is 322 g/mol. The normalized spacial score (nSPS) is 11.3. The minimum Gasteiger partial charge on any atom is -0.478 e. The summed E-state index contributed by atoms with van der Waals surface area (Å²) in [5.41, 5.74) is 3.18. The smallest absolute Gasteiger partial charge is 0.336 e. The number of fused-ring (bicyclic) bond motifs is 1. The standard InChI is InChI=1S/C20H22N2O2/c1-3-14(4-2)19-21-17-11-7-8-12-18(17)22(19)13-15-9-5-6-10-16(15)20(23)24/h5-12,14H,3-4,13H2,1-2H3,(H,23,24). The average Bonchev–Trinajstić information content (AvgIpc) is 2.95. The first kappa shape index (κ1) is 16.2. The molecule has 1 N–H and O–H groups in total. The van der Waals surface area contributed by atoms with Gasteiger partial charge in [-0.1, -0.05) is 44.2 Å². The van der Waals surface area contributed by atoms with Gasteiger partial charge in [0.1, 0.15) is 5.82 Å². The minimum atomic E-state index is -0.890. The number of hydrogen-bond donors (Lipinski definition) is 1. The largest absolute Gasteiger partial charge is 0.478 e. The van der Waals surface area contributed by atoms with Crippen LogP contribution in [0.1, 0.15) is 54.4 Å². The molecule has 0 bridgehead atoms. The molecule has 3 aromatic rings. The van der Waals surface area contributed by atoms with E-state index in [0.29, 0.717) is 18.0 Å². The predicted molar refractivity (Wildman–Crippen MR) is 95.6 cm³/mol. The van der Waals surface area contributed by atoms with Crippen LogP contribution in [0.2, 0.25) is 0 Å². The topological polar surface area (TPSA) is 55.1 Å². The molecule has 0 unspecified atom stereocenters. The van der Waals surface area contributed by atoms with Gasteiger partial charge >= 0.3 is 5.97 Å². The maximum atomic E-state index is 11.5. The van der Waals surface area contributed by atoms with Crippen molar-refractivity contribution in [1.29, 1.82) is 0 Å². The number of aromatic carboxylic acids is 1. The Morgan fingerprint density at radius 2 is 1.75 bits per heavy atom. The second kappa shape index (κ2) is 6.87.